The molecule has 3 heteroatoms. The van der Waals surface area contributed by atoms with Gasteiger partial charge in [0.1, 0.15) is 0 Å². The maximum Gasteiger partial charge on any atom is 0.194 e. The maximum atomic E-state index is 12.1. The van der Waals surface area contributed by atoms with Crippen LogP contribution in [-0.4, -0.2) is 17.0 Å². The summed E-state index contributed by atoms with van der Waals surface area (Å²) in [5, 5.41) is 0. The van der Waals surface area contributed by atoms with Gasteiger partial charge in [-0.25, -0.2) is 0 Å². The van der Waals surface area contributed by atoms with Crippen LogP contribution in [-0.2, 0) is 0 Å². The van der Waals surface area contributed by atoms with E-state index in [4.69, 9.17) is 0 Å². The summed E-state index contributed by atoms with van der Waals surface area (Å²) in [6.45, 7) is 0. The highest BCUT2D eigenvalue weighted by Gasteiger charge is 2.28. The highest BCUT2D eigenvalue weighted by atomic mass is 16.1. The third-order valence-corrected chi connectivity index (χ3v) is 2.83. The zero-order valence-electron chi connectivity index (χ0n) is 8.94. The molecule has 0 amide bonds. The zero-order valence-corrected chi connectivity index (χ0v) is 8.94. The predicted molar refractivity (Wildman–Crippen MR) is 63.4 cm³/mol. The predicted octanol–water partition coefficient (Wildman–Crippen LogP) is 1.64. The Morgan fingerprint density at radius 1 is 0.529 bits per heavy atom. The van der Waals surface area contributed by atoms with Crippen molar-refractivity contribution in [1.82, 2.24) is 0 Å². The number of rotatable bonds is 0. The number of fused-ring (bicyclic) bond motifs is 2. The van der Waals surface area contributed by atoms with E-state index in [1.54, 1.807) is 48.5 Å². The molecule has 0 saturated carbocycles. The highest BCUT2D eigenvalue weighted by molar-refractivity contribution is 6.28. The minimum absolute atomic E-state index is 0. The fraction of sp³-hybridized carbons (Fsp3) is 0. The third-order valence-electron chi connectivity index (χ3n) is 2.83. The molecule has 2 N–H and O–H groups in total. The van der Waals surface area contributed by atoms with Crippen LogP contribution in [0.25, 0.3) is 0 Å². The minimum Gasteiger partial charge on any atom is -0.412 e. The van der Waals surface area contributed by atoms with E-state index in [-0.39, 0.29) is 17.0 Å². The topological polar surface area (TPSA) is 65.6 Å². The van der Waals surface area contributed by atoms with E-state index in [9.17, 15) is 9.59 Å². The fourth-order valence-corrected chi connectivity index (χ4v) is 2.05. The van der Waals surface area contributed by atoms with Gasteiger partial charge in [0.15, 0.2) is 11.6 Å². The second kappa shape index (κ2) is 3.96. The van der Waals surface area contributed by atoms with E-state index in [0.29, 0.717) is 22.3 Å². The number of ketones is 2. The van der Waals surface area contributed by atoms with E-state index >= 15 is 0 Å². The number of carbonyl (C=O) groups is 2. The molecule has 0 unspecified atom stereocenters. The van der Waals surface area contributed by atoms with Gasteiger partial charge in [0.05, 0.1) is 0 Å². The Morgan fingerprint density at radius 3 is 1.00 bits per heavy atom. The molecule has 0 aromatic heterocycles. The molecule has 2 aromatic carbocycles. The number of hydrogen-bond donors (Lipinski definition) is 0. The Hall–Kier alpha value is -2.26. The third kappa shape index (κ3) is 1.48. The Labute approximate surface area is 98.0 Å². The smallest absolute Gasteiger partial charge is 0.194 e. The lowest BCUT2D eigenvalue weighted by molar-refractivity contribution is 0.0979. The van der Waals surface area contributed by atoms with Gasteiger partial charge in [-0.1, -0.05) is 48.5 Å². The van der Waals surface area contributed by atoms with Gasteiger partial charge in [0.2, 0.25) is 0 Å². The monoisotopic (exact) mass is 226 g/mol. The Bertz CT molecular complexity index is 509. The first-order valence-corrected chi connectivity index (χ1v) is 5.06. The first-order chi connectivity index (χ1) is 7.79. The largest absolute Gasteiger partial charge is 0.412 e. The summed E-state index contributed by atoms with van der Waals surface area (Å²) in [5.41, 5.74) is 2.02. The van der Waals surface area contributed by atoms with Gasteiger partial charge < -0.3 is 5.48 Å². The quantitative estimate of drug-likeness (QED) is 0.584. The molecule has 0 heterocycles. The first-order valence-electron chi connectivity index (χ1n) is 5.06. The van der Waals surface area contributed by atoms with Crippen LogP contribution in [0.5, 0.6) is 0 Å². The van der Waals surface area contributed by atoms with Crippen molar-refractivity contribution in [2.24, 2.45) is 0 Å². The van der Waals surface area contributed by atoms with Crippen LogP contribution >= 0.6 is 0 Å². The van der Waals surface area contributed by atoms with E-state index in [1.165, 1.54) is 0 Å². The molecule has 0 aliphatic heterocycles. The normalized spacial score (nSPS) is 12.5. The van der Waals surface area contributed by atoms with Gasteiger partial charge in [-0.2, -0.15) is 0 Å². The van der Waals surface area contributed by atoms with Crippen LogP contribution in [0.1, 0.15) is 31.8 Å². The lowest BCUT2D eigenvalue weighted by atomic mass is 9.84. The second-order valence-corrected chi connectivity index (χ2v) is 3.75. The summed E-state index contributed by atoms with van der Waals surface area (Å²) in [5.74, 6) is -0.128. The highest BCUT2D eigenvalue weighted by Crippen LogP contribution is 2.26. The molecule has 0 saturated heterocycles. The van der Waals surface area contributed by atoms with E-state index in [2.05, 4.69) is 0 Å². The molecular formula is C14H10O3. The molecule has 3 nitrogen and oxygen atoms in total. The molecule has 0 radical (unpaired) electrons. The summed E-state index contributed by atoms with van der Waals surface area (Å²) < 4.78 is 0. The van der Waals surface area contributed by atoms with Crippen molar-refractivity contribution < 1.29 is 15.1 Å². The first kappa shape index (κ1) is 11.2. The van der Waals surface area contributed by atoms with Crippen molar-refractivity contribution in [2.75, 3.05) is 0 Å². The van der Waals surface area contributed by atoms with Gasteiger partial charge in [-0.15, -0.1) is 0 Å². The number of carbonyl (C=O) groups excluding carboxylic acids is 2. The van der Waals surface area contributed by atoms with E-state index in [0.717, 1.165) is 0 Å². The van der Waals surface area contributed by atoms with Crippen molar-refractivity contribution >= 4 is 11.6 Å². The zero-order chi connectivity index (χ0) is 11.1. The van der Waals surface area contributed by atoms with Gasteiger partial charge in [0.25, 0.3) is 0 Å². The van der Waals surface area contributed by atoms with E-state index < -0.39 is 0 Å². The lowest BCUT2D eigenvalue weighted by Crippen LogP contribution is -2.20. The van der Waals surface area contributed by atoms with Crippen LogP contribution < -0.4 is 0 Å². The van der Waals surface area contributed by atoms with Crippen molar-refractivity contribution in [1.29, 1.82) is 0 Å². The lowest BCUT2D eigenvalue weighted by Gasteiger charge is -2.16. The van der Waals surface area contributed by atoms with Gasteiger partial charge >= 0.3 is 0 Å². The van der Waals surface area contributed by atoms with Gasteiger partial charge in [-0.05, 0) is 0 Å². The summed E-state index contributed by atoms with van der Waals surface area (Å²) in [4.78, 5) is 24.2. The van der Waals surface area contributed by atoms with Crippen molar-refractivity contribution in [2.45, 2.75) is 0 Å². The molecule has 3 rings (SSSR count). The van der Waals surface area contributed by atoms with Gasteiger partial charge in [0, 0.05) is 22.3 Å². The van der Waals surface area contributed by atoms with Gasteiger partial charge in [-0.3, -0.25) is 9.59 Å². The molecule has 84 valence electrons. The van der Waals surface area contributed by atoms with E-state index in [1.807, 2.05) is 0 Å². The molecule has 17 heavy (non-hydrogen) atoms. The van der Waals surface area contributed by atoms with Crippen molar-refractivity contribution in [3.8, 4) is 0 Å². The van der Waals surface area contributed by atoms with Crippen LogP contribution in [0.3, 0.4) is 0 Å². The van der Waals surface area contributed by atoms with Crippen molar-refractivity contribution in [3.63, 3.8) is 0 Å². The molecule has 0 bridgehead atoms. The number of hydrogen-bond acceptors (Lipinski definition) is 2. The number of benzene rings is 2. The van der Waals surface area contributed by atoms with Crippen LogP contribution in [0, 0.1) is 0 Å². The summed E-state index contributed by atoms with van der Waals surface area (Å²) in [7, 11) is 0. The molecule has 0 spiro atoms. The van der Waals surface area contributed by atoms with Crippen molar-refractivity contribution in [3.05, 3.63) is 70.8 Å². The summed E-state index contributed by atoms with van der Waals surface area (Å²) in [6.07, 6.45) is 0. The second-order valence-electron chi connectivity index (χ2n) is 3.75. The maximum absolute atomic E-state index is 12.1. The minimum atomic E-state index is -0.0641. The Kier molecular flexibility index (Phi) is 2.61. The molecule has 0 fully saturated rings. The molecule has 1 aliphatic rings. The standard InChI is InChI=1S/C14H8O2.H2O/c15-13-9-5-1-2-6-10(9)14(16)12-8-4-3-7-11(12)13;/h1-8H;1H2. The average molecular weight is 226 g/mol. The SMILES string of the molecule is O.O=C1c2ccccc2C(=O)c2ccccc21. The Morgan fingerprint density at radius 2 is 0.765 bits per heavy atom. The average Bonchev–Trinajstić information content (AvgIpc) is 2.36. The molecule has 1 aliphatic carbocycles. The summed E-state index contributed by atoms with van der Waals surface area (Å²) in [6, 6.07) is 13.9. The van der Waals surface area contributed by atoms with Crippen LogP contribution in [0.2, 0.25) is 0 Å². The molecular weight excluding hydrogens is 216 g/mol. The molecule has 0 atom stereocenters. The molecule has 2 aromatic rings. The fourth-order valence-electron chi connectivity index (χ4n) is 2.05. The Balaban J connectivity index is 0.00000108. The van der Waals surface area contributed by atoms with Crippen LogP contribution in [0.4, 0.5) is 0 Å². The van der Waals surface area contributed by atoms with Crippen LogP contribution in [0.15, 0.2) is 48.5 Å². The summed E-state index contributed by atoms with van der Waals surface area (Å²) >= 11 is 0.